The van der Waals surface area contributed by atoms with Gasteiger partial charge in [0.15, 0.2) is 0 Å². The highest BCUT2D eigenvalue weighted by molar-refractivity contribution is 5.63. The van der Waals surface area contributed by atoms with E-state index in [2.05, 4.69) is 15.3 Å². The van der Waals surface area contributed by atoms with Gasteiger partial charge in [-0.15, -0.1) is 5.10 Å². The van der Waals surface area contributed by atoms with Crippen LogP contribution in [0.2, 0.25) is 0 Å². The molecule has 0 aliphatic carbocycles. The molecule has 1 aromatic carbocycles. The number of benzene rings is 1. The Hall–Kier alpha value is -2.60. The van der Waals surface area contributed by atoms with Gasteiger partial charge >= 0.3 is 0 Å². The van der Waals surface area contributed by atoms with Gasteiger partial charge in [-0.05, 0) is 36.4 Å². The second-order valence-electron chi connectivity index (χ2n) is 4.21. The van der Waals surface area contributed by atoms with Gasteiger partial charge in [-0.3, -0.25) is 4.98 Å². The third kappa shape index (κ3) is 2.17. The fourth-order valence-corrected chi connectivity index (χ4v) is 2.01. The molecule has 0 atom stereocenters. The van der Waals surface area contributed by atoms with Crippen molar-refractivity contribution in [1.29, 1.82) is 0 Å². The SMILES string of the molecule is NCc1nnn(-c2ccc(F)cc2)c1-c1ccncc1. The molecule has 0 bridgehead atoms. The van der Waals surface area contributed by atoms with E-state index in [0.717, 1.165) is 16.9 Å². The lowest BCUT2D eigenvalue weighted by molar-refractivity contribution is 0.627. The number of nitrogens with zero attached hydrogens (tertiary/aromatic N) is 4. The molecule has 0 radical (unpaired) electrons. The Labute approximate surface area is 114 Å². The van der Waals surface area contributed by atoms with Crippen molar-refractivity contribution in [2.45, 2.75) is 6.54 Å². The van der Waals surface area contributed by atoms with Crippen molar-refractivity contribution < 1.29 is 4.39 Å². The standard InChI is InChI=1S/C14H12FN5/c15-11-1-3-12(4-2-11)20-14(13(9-16)18-19-20)10-5-7-17-8-6-10/h1-8H,9,16H2. The molecule has 0 aliphatic heterocycles. The summed E-state index contributed by atoms with van der Waals surface area (Å²) in [5.41, 5.74) is 8.83. The molecule has 0 spiro atoms. The number of hydrogen-bond donors (Lipinski definition) is 1. The van der Waals surface area contributed by atoms with Gasteiger partial charge in [0.1, 0.15) is 11.5 Å². The summed E-state index contributed by atoms with van der Waals surface area (Å²) in [6, 6.07) is 9.78. The molecule has 0 unspecified atom stereocenters. The zero-order chi connectivity index (χ0) is 13.9. The van der Waals surface area contributed by atoms with Gasteiger partial charge in [0.05, 0.1) is 11.4 Å². The van der Waals surface area contributed by atoms with E-state index in [9.17, 15) is 4.39 Å². The van der Waals surface area contributed by atoms with Gasteiger partial charge in [0.2, 0.25) is 0 Å². The second-order valence-corrected chi connectivity index (χ2v) is 4.21. The summed E-state index contributed by atoms with van der Waals surface area (Å²) in [5, 5.41) is 8.19. The van der Waals surface area contributed by atoms with Crippen molar-refractivity contribution in [3.05, 3.63) is 60.3 Å². The summed E-state index contributed by atoms with van der Waals surface area (Å²) in [6.45, 7) is 0.277. The summed E-state index contributed by atoms with van der Waals surface area (Å²) in [6.07, 6.45) is 3.38. The van der Waals surface area contributed by atoms with Crippen LogP contribution in [0, 0.1) is 5.82 Å². The van der Waals surface area contributed by atoms with Crippen molar-refractivity contribution in [3.8, 4) is 16.9 Å². The molecule has 5 nitrogen and oxygen atoms in total. The first-order valence-electron chi connectivity index (χ1n) is 6.10. The van der Waals surface area contributed by atoms with Crippen LogP contribution in [0.5, 0.6) is 0 Å². The molecule has 0 aliphatic rings. The average Bonchev–Trinajstić information content (AvgIpc) is 2.93. The van der Waals surface area contributed by atoms with Crippen LogP contribution < -0.4 is 5.73 Å². The van der Waals surface area contributed by atoms with Crippen molar-refractivity contribution in [2.75, 3.05) is 0 Å². The van der Waals surface area contributed by atoms with Gasteiger partial charge in [0.25, 0.3) is 0 Å². The Morgan fingerprint density at radius 3 is 2.40 bits per heavy atom. The van der Waals surface area contributed by atoms with Crippen molar-refractivity contribution >= 4 is 0 Å². The third-order valence-electron chi connectivity index (χ3n) is 2.96. The Bertz CT molecular complexity index is 706. The number of nitrogens with two attached hydrogens (primary N) is 1. The van der Waals surface area contributed by atoms with Crippen molar-refractivity contribution in [2.24, 2.45) is 5.73 Å². The zero-order valence-corrected chi connectivity index (χ0v) is 10.6. The molecular weight excluding hydrogens is 257 g/mol. The first-order chi connectivity index (χ1) is 9.79. The number of halogens is 1. The lowest BCUT2D eigenvalue weighted by atomic mass is 10.1. The Morgan fingerprint density at radius 1 is 1.05 bits per heavy atom. The summed E-state index contributed by atoms with van der Waals surface area (Å²) < 4.78 is 14.7. The number of pyridine rings is 1. The molecule has 0 amide bonds. The van der Waals surface area contributed by atoms with Gasteiger partial charge in [-0.25, -0.2) is 9.07 Å². The summed E-state index contributed by atoms with van der Waals surface area (Å²) in [7, 11) is 0. The van der Waals surface area contributed by atoms with E-state index in [1.165, 1.54) is 12.1 Å². The van der Waals surface area contributed by atoms with E-state index in [1.807, 2.05) is 12.1 Å². The zero-order valence-electron chi connectivity index (χ0n) is 10.6. The number of aromatic nitrogens is 4. The van der Waals surface area contributed by atoms with E-state index < -0.39 is 0 Å². The summed E-state index contributed by atoms with van der Waals surface area (Å²) in [5.74, 6) is -0.293. The fourth-order valence-electron chi connectivity index (χ4n) is 2.01. The predicted octanol–water partition coefficient (Wildman–Crippen LogP) is 1.93. The number of hydrogen-bond acceptors (Lipinski definition) is 4. The molecule has 2 N–H and O–H groups in total. The van der Waals surface area contributed by atoms with E-state index in [1.54, 1.807) is 29.2 Å². The summed E-state index contributed by atoms with van der Waals surface area (Å²) in [4.78, 5) is 3.99. The first kappa shape index (κ1) is 12.4. The van der Waals surface area contributed by atoms with E-state index in [4.69, 9.17) is 5.73 Å². The van der Waals surface area contributed by atoms with E-state index in [-0.39, 0.29) is 12.4 Å². The van der Waals surface area contributed by atoms with Crippen molar-refractivity contribution in [3.63, 3.8) is 0 Å². The molecule has 2 heterocycles. The fraction of sp³-hybridized carbons (Fsp3) is 0.0714. The quantitative estimate of drug-likeness (QED) is 0.788. The molecule has 20 heavy (non-hydrogen) atoms. The average molecular weight is 269 g/mol. The minimum atomic E-state index is -0.293. The molecular formula is C14H12FN5. The minimum absolute atomic E-state index is 0.277. The van der Waals surface area contributed by atoms with Crippen LogP contribution in [0.3, 0.4) is 0 Å². The van der Waals surface area contributed by atoms with E-state index >= 15 is 0 Å². The molecule has 0 saturated heterocycles. The van der Waals surface area contributed by atoms with Crippen LogP contribution >= 0.6 is 0 Å². The summed E-state index contributed by atoms with van der Waals surface area (Å²) >= 11 is 0. The normalized spacial score (nSPS) is 10.7. The van der Waals surface area contributed by atoms with Gasteiger partial charge in [0, 0.05) is 24.5 Å². The van der Waals surface area contributed by atoms with Crippen LogP contribution in [0.1, 0.15) is 5.69 Å². The van der Waals surface area contributed by atoms with E-state index in [0.29, 0.717) is 5.69 Å². The topological polar surface area (TPSA) is 69.6 Å². The van der Waals surface area contributed by atoms with Crippen LogP contribution in [-0.4, -0.2) is 20.0 Å². The monoisotopic (exact) mass is 269 g/mol. The molecule has 2 aromatic heterocycles. The van der Waals surface area contributed by atoms with Gasteiger partial charge in [-0.2, -0.15) is 0 Å². The third-order valence-corrected chi connectivity index (χ3v) is 2.96. The maximum atomic E-state index is 13.0. The molecule has 0 saturated carbocycles. The molecule has 100 valence electrons. The largest absolute Gasteiger partial charge is 0.325 e. The smallest absolute Gasteiger partial charge is 0.123 e. The molecule has 3 aromatic rings. The molecule has 3 rings (SSSR count). The van der Waals surface area contributed by atoms with Crippen LogP contribution in [0.15, 0.2) is 48.8 Å². The lowest BCUT2D eigenvalue weighted by Gasteiger charge is -2.07. The Balaban J connectivity index is 2.17. The van der Waals surface area contributed by atoms with Gasteiger partial charge < -0.3 is 5.73 Å². The molecule has 0 fully saturated rings. The lowest BCUT2D eigenvalue weighted by Crippen LogP contribution is -2.02. The van der Waals surface area contributed by atoms with Crippen LogP contribution in [0.4, 0.5) is 4.39 Å². The van der Waals surface area contributed by atoms with Crippen molar-refractivity contribution in [1.82, 2.24) is 20.0 Å². The Kier molecular flexibility index (Phi) is 3.22. The maximum Gasteiger partial charge on any atom is 0.123 e. The van der Waals surface area contributed by atoms with Crippen LogP contribution in [-0.2, 0) is 6.54 Å². The highest BCUT2D eigenvalue weighted by Gasteiger charge is 2.15. The Morgan fingerprint density at radius 2 is 1.75 bits per heavy atom. The van der Waals surface area contributed by atoms with Gasteiger partial charge in [-0.1, -0.05) is 5.21 Å². The molecule has 6 heteroatoms. The first-order valence-corrected chi connectivity index (χ1v) is 6.10. The second kappa shape index (κ2) is 5.18. The highest BCUT2D eigenvalue weighted by Crippen LogP contribution is 2.24. The minimum Gasteiger partial charge on any atom is -0.325 e. The number of rotatable bonds is 3. The predicted molar refractivity (Wildman–Crippen MR) is 72.4 cm³/mol. The highest BCUT2D eigenvalue weighted by atomic mass is 19.1. The maximum absolute atomic E-state index is 13.0. The van der Waals surface area contributed by atoms with Crippen LogP contribution in [0.25, 0.3) is 16.9 Å².